The van der Waals surface area contributed by atoms with Crippen LogP contribution in [0.25, 0.3) is 0 Å². The van der Waals surface area contributed by atoms with Crippen LogP contribution in [-0.2, 0) is 4.79 Å². The van der Waals surface area contributed by atoms with Gasteiger partial charge in [-0.2, -0.15) is 0 Å². The minimum Gasteiger partial charge on any atom is -0.481 e. The number of aliphatic carboxylic acids is 1. The van der Waals surface area contributed by atoms with Crippen LogP contribution in [0.2, 0.25) is 0 Å². The Bertz CT molecular complexity index is 327. The van der Waals surface area contributed by atoms with E-state index in [0.29, 0.717) is 19.5 Å². The number of urea groups is 1. The van der Waals surface area contributed by atoms with Gasteiger partial charge in [-0.3, -0.25) is 4.79 Å². The van der Waals surface area contributed by atoms with Gasteiger partial charge in [0.15, 0.2) is 0 Å². The van der Waals surface area contributed by atoms with Crippen molar-refractivity contribution in [3.8, 4) is 0 Å². The SMILES string of the molecule is CCCN(CCC)C(=O)N1CCCC(C)(C(=O)O)C1. The number of hydrogen-bond donors (Lipinski definition) is 1. The third kappa shape index (κ3) is 3.85. The third-order valence-electron chi connectivity index (χ3n) is 3.74. The summed E-state index contributed by atoms with van der Waals surface area (Å²) in [5, 5.41) is 9.29. The Labute approximate surface area is 115 Å². The van der Waals surface area contributed by atoms with Crippen LogP contribution < -0.4 is 0 Å². The first-order chi connectivity index (χ1) is 8.94. The van der Waals surface area contributed by atoms with Crippen molar-refractivity contribution in [2.24, 2.45) is 5.41 Å². The molecule has 1 atom stereocenters. The highest BCUT2D eigenvalue weighted by Crippen LogP contribution is 2.30. The first kappa shape index (κ1) is 15.8. The molecule has 19 heavy (non-hydrogen) atoms. The summed E-state index contributed by atoms with van der Waals surface area (Å²) in [5.74, 6) is -0.803. The highest BCUT2D eigenvalue weighted by Gasteiger charge is 2.40. The second-order valence-corrected chi connectivity index (χ2v) is 5.66. The van der Waals surface area contributed by atoms with Gasteiger partial charge in [-0.05, 0) is 32.6 Å². The Kier molecular flexibility index (Phi) is 5.63. The van der Waals surface area contributed by atoms with Crippen LogP contribution in [0.4, 0.5) is 4.79 Å². The molecule has 0 radical (unpaired) electrons. The number of likely N-dealkylation sites (tertiary alicyclic amines) is 1. The lowest BCUT2D eigenvalue weighted by Crippen LogP contribution is -2.52. The van der Waals surface area contributed by atoms with Crippen LogP contribution in [0, 0.1) is 5.41 Å². The number of rotatable bonds is 5. The first-order valence-corrected chi connectivity index (χ1v) is 7.22. The maximum Gasteiger partial charge on any atom is 0.320 e. The number of carbonyl (C=O) groups excluding carboxylic acids is 1. The molecule has 1 unspecified atom stereocenters. The number of hydrogen-bond acceptors (Lipinski definition) is 2. The van der Waals surface area contributed by atoms with E-state index in [9.17, 15) is 14.7 Å². The number of amides is 2. The van der Waals surface area contributed by atoms with Gasteiger partial charge in [-0.1, -0.05) is 13.8 Å². The molecule has 1 rings (SSSR count). The zero-order valence-electron chi connectivity index (χ0n) is 12.3. The molecular weight excluding hydrogens is 244 g/mol. The van der Waals surface area contributed by atoms with E-state index in [4.69, 9.17) is 0 Å². The van der Waals surface area contributed by atoms with E-state index in [1.165, 1.54) is 0 Å². The molecule has 0 bridgehead atoms. The van der Waals surface area contributed by atoms with E-state index < -0.39 is 11.4 Å². The molecule has 0 saturated carbocycles. The van der Waals surface area contributed by atoms with Gasteiger partial charge >= 0.3 is 12.0 Å². The summed E-state index contributed by atoms with van der Waals surface area (Å²) in [7, 11) is 0. The molecule has 1 aliphatic heterocycles. The Morgan fingerprint density at radius 1 is 1.26 bits per heavy atom. The van der Waals surface area contributed by atoms with Gasteiger partial charge in [0, 0.05) is 26.2 Å². The minimum atomic E-state index is -0.803. The van der Waals surface area contributed by atoms with E-state index >= 15 is 0 Å². The van der Waals surface area contributed by atoms with Gasteiger partial charge < -0.3 is 14.9 Å². The molecular formula is C14H26N2O3. The zero-order chi connectivity index (χ0) is 14.5. The molecule has 1 aliphatic rings. The highest BCUT2D eigenvalue weighted by atomic mass is 16.4. The number of piperidine rings is 1. The van der Waals surface area contributed by atoms with Crippen molar-refractivity contribution in [2.45, 2.75) is 46.5 Å². The number of carbonyl (C=O) groups is 2. The standard InChI is InChI=1S/C14H26N2O3/c1-4-8-15(9-5-2)13(19)16-10-6-7-14(3,11-16)12(17)18/h4-11H2,1-3H3,(H,17,18). The number of nitrogens with zero attached hydrogens (tertiary/aromatic N) is 2. The summed E-state index contributed by atoms with van der Waals surface area (Å²) >= 11 is 0. The fourth-order valence-electron chi connectivity index (χ4n) is 2.62. The van der Waals surface area contributed by atoms with Crippen LogP contribution in [0.1, 0.15) is 46.5 Å². The van der Waals surface area contributed by atoms with Crippen molar-refractivity contribution in [1.82, 2.24) is 9.80 Å². The lowest BCUT2D eigenvalue weighted by atomic mass is 9.82. The molecule has 0 aromatic rings. The predicted molar refractivity (Wildman–Crippen MR) is 74.1 cm³/mol. The molecule has 110 valence electrons. The Morgan fingerprint density at radius 3 is 2.32 bits per heavy atom. The summed E-state index contributed by atoms with van der Waals surface area (Å²) < 4.78 is 0. The second kappa shape index (κ2) is 6.78. The number of carboxylic acid groups (broad SMARTS) is 1. The van der Waals surface area contributed by atoms with Crippen LogP contribution in [0.15, 0.2) is 0 Å². The Balaban J connectivity index is 2.72. The molecule has 1 saturated heterocycles. The maximum absolute atomic E-state index is 12.4. The molecule has 1 heterocycles. The molecule has 2 amide bonds. The van der Waals surface area contributed by atoms with Crippen LogP contribution in [-0.4, -0.2) is 53.1 Å². The van der Waals surface area contributed by atoms with Crippen molar-refractivity contribution < 1.29 is 14.7 Å². The molecule has 0 aliphatic carbocycles. The van der Waals surface area contributed by atoms with Crippen molar-refractivity contribution in [3.05, 3.63) is 0 Å². The summed E-state index contributed by atoms with van der Waals surface area (Å²) in [5.41, 5.74) is -0.794. The summed E-state index contributed by atoms with van der Waals surface area (Å²) in [6, 6.07) is -0.00382. The lowest BCUT2D eigenvalue weighted by molar-refractivity contribution is -0.150. The molecule has 0 aromatic carbocycles. The van der Waals surface area contributed by atoms with Gasteiger partial charge in [0.2, 0.25) is 0 Å². The topological polar surface area (TPSA) is 60.9 Å². The quantitative estimate of drug-likeness (QED) is 0.834. The summed E-state index contributed by atoms with van der Waals surface area (Å²) in [6.07, 6.45) is 3.26. The fourth-order valence-corrected chi connectivity index (χ4v) is 2.62. The minimum absolute atomic E-state index is 0.00382. The van der Waals surface area contributed by atoms with Crippen LogP contribution in [0.5, 0.6) is 0 Å². The molecule has 5 nitrogen and oxygen atoms in total. The normalized spacial score (nSPS) is 23.2. The van der Waals surface area contributed by atoms with Gasteiger partial charge in [-0.25, -0.2) is 4.79 Å². The molecule has 1 N–H and O–H groups in total. The predicted octanol–water partition coefficient (Wildman–Crippen LogP) is 2.42. The summed E-state index contributed by atoms with van der Waals surface area (Å²) in [6.45, 7) is 8.32. The van der Waals surface area contributed by atoms with Crippen LogP contribution >= 0.6 is 0 Å². The van der Waals surface area contributed by atoms with Crippen molar-refractivity contribution in [1.29, 1.82) is 0 Å². The Morgan fingerprint density at radius 2 is 1.84 bits per heavy atom. The largest absolute Gasteiger partial charge is 0.481 e. The van der Waals surface area contributed by atoms with E-state index in [-0.39, 0.29) is 6.03 Å². The van der Waals surface area contributed by atoms with Gasteiger partial charge in [0.1, 0.15) is 0 Å². The average Bonchev–Trinajstić information content (AvgIpc) is 2.37. The van der Waals surface area contributed by atoms with Gasteiger partial charge in [0.25, 0.3) is 0 Å². The van der Waals surface area contributed by atoms with Gasteiger partial charge in [-0.15, -0.1) is 0 Å². The maximum atomic E-state index is 12.4. The number of carboxylic acids is 1. The van der Waals surface area contributed by atoms with E-state index in [0.717, 1.165) is 32.4 Å². The van der Waals surface area contributed by atoms with Crippen molar-refractivity contribution >= 4 is 12.0 Å². The zero-order valence-corrected chi connectivity index (χ0v) is 12.3. The highest BCUT2D eigenvalue weighted by molar-refractivity contribution is 5.78. The van der Waals surface area contributed by atoms with Gasteiger partial charge in [0.05, 0.1) is 5.41 Å². The smallest absolute Gasteiger partial charge is 0.320 e. The van der Waals surface area contributed by atoms with E-state index in [2.05, 4.69) is 0 Å². The lowest BCUT2D eigenvalue weighted by Gasteiger charge is -2.39. The van der Waals surface area contributed by atoms with Crippen LogP contribution in [0.3, 0.4) is 0 Å². The summed E-state index contributed by atoms with van der Waals surface area (Å²) in [4.78, 5) is 27.3. The van der Waals surface area contributed by atoms with Crippen molar-refractivity contribution in [3.63, 3.8) is 0 Å². The first-order valence-electron chi connectivity index (χ1n) is 7.22. The average molecular weight is 270 g/mol. The van der Waals surface area contributed by atoms with E-state index in [1.807, 2.05) is 18.7 Å². The Hall–Kier alpha value is -1.26. The van der Waals surface area contributed by atoms with E-state index in [1.54, 1.807) is 11.8 Å². The molecule has 1 fully saturated rings. The second-order valence-electron chi connectivity index (χ2n) is 5.66. The fraction of sp³-hybridized carbons (Fsp3) is 0.857. The molecule has 0 aromatic heterocycles. The molecule has 0 spiro atoms. The third-order valence-corrected chi connectivity index (χ3v) is 3.74. The van der Waals surface area contributed by atoms with Crippen molar-refractivity contribution in [2.75, 3.05) is 26.2 Å². The monoisotopic (exact) mass is 270 g/mol. The molecule has 5 heteroatoms.